The molecule has 0 aliphatic carbocycles. The Morgan fingerprint density at radius 3 is 2.00 bits per heavy atom. The Morgan fingerprint density at radius 1 is 0.745 bits per heavy atom. The Bertz CT molecular complexity index is 1990. The van der Waals surface area contributed by atoms with Crippen LogP contribution in [0.5, 0.6) is 0 Å². The second kappa shape index (κ2) is 22.6. The van der Waals surface area contributed by atoms with Crippen LogP contribution in [0.4, 0.5) is 0 Å². The van der Waals surface area contributed by atoms with Gasteiger partial charge in [-0.25, -0.2) is 14.0 Å². The van der Waals surface area contributed by atoms with Crippen LogP contribution in [0, 0.1) is 6.92 Å². The molecule has 2 amide bonds. The number of carboxylic acid groups (broad SMARTS) is 1. The van der Waals surface area contributed by atoms with Gasteiger partial charge >= 0.3 is 5.97 Å². The van der Waals surface area contributed by atoms with Crippen molar-refractivity contribution in [2.45, 2.75) is 58.8 Å². The van der Waals surface area contributed by atoms with E-state index in [0.717, 1.165) is 20.5 Å². The quantitative estimate of drug-likeness (QED) is 0.0826. The van der Waals surface area contributed by atoms with Crippen LogP contribution in [-0.2, 0) is 54.8 Å². The fraction of sp³-hybridized carbons (Fsp3) is 0.485. The first kappa shape index (κ1) is 43.0. The third kappa shape index (κ3) is 14.4. The van der Waals surface area contributed by atoms with Crippen molar-refractivity contribution in [1.82, 2.24) is 55.4 Å². The molecule has 3 aromatic heterocycles. The molecule has 3 heterocycles. The minimum Gasteiger partial charge on any atom is -0.481 e. The van der Waals surface area contributed by atoms with Crippen molar-refractivity contribution in [3.63, 3.8) is 0 Å². The van der Waals surface area contributed by atoms with E-state index in [1.165, 1.54) is 4.68 Å². The number of ether oxygens (including phenoxy) is 3. The lowest BCUT2D eigenvalue weighted by atomic mass is 10.1. The van der Waals surface area contributed by atoms with Crippen LogP contribution in [-0.4, -0.2) is 114 Å². The second-order valence-corrected chi connectivity index (χ2v) is 13.4. The van der Waals surface area contributed by atoms with Crippen LogP contribution in [0.25, 0.3) is 11.4 Å². The number of halogens is 2. The maximum Gasteiger partial charge on any atom is 0.305 e. The number of aryl methyl sites for hydroxylation is 1. The number of hydrogen-bond acceptors (Lipinski definition) is 14. The van der Waals surface area contributed by atoms with Gasteiger partial charge in [0.1, 0.15) is 14.6 Å². The van der Waals surface area contributed by atoms with Crippen molar-refractivity contribution >= 4 is 49.6 Å². The molecule has 0 aliphatic heterocycles. The molecular formula is C33H41Br2N11O9. The monoisotopic (exact) mass is 893 g/mol. The fourth-order valence-electron chi connectivity index (χ4n) is 4.80. The number of carbonyl (C=O) groups is 3. The number of aliphatic carboxylic acids is 1. The summed E-state index contributed by atoms with van der Waals surface area (Å²) >= 11 is 6.19. The predicted octanol–water partition coefficient (Wildman–Crippen LogP) is 0.858. The van der Waals surface area contributed by atoms with Gasteiger partial charge < -0.3 is 30.0 Å². The topological polar surface area (TPSA) is 249 Å². The summed E-state index contributed by atoms with van der Waals surface area (Å²) in [5.74, 6) is -0.482. The average Bonchev–Trinajstić information content (AvgIpc) is 3.63. The van der Waals surface area contributed by atoms with Crippen molar-refractivity contribution in [2.24, 2.45) is 0 Å². The molecule has 0 atom stereocenters. The summed E-state index contributed by atoms with van der Waals surface area (Å²) in [4.78, 5) is 60.8. The van der Waals surface area contributed by atoms with E-state index in [0.29, 0.717) is 83.0 Å². The van der Waals surface area contributed by atoms with Gasteiger partial charge in [0.05, 0.1) is 71.9 Å². The molecule has 3 N–H and O–H groups in total. The van der Waals surface area contributed by atoms with Gasteiger partial charge in [0.15, 0.2) is 5.82 Å². The zero-order valence-electron chi connectivity index (χ0n) is 30.0. The maximum absolute atomic E-state index is 12.8. The highest BCUT2D eigenvalue weighted by Gasteiger charge is 2.18. The number of nitrogens with zero attached hydrogens (tertiary/aromatic N) is 9. The Hall–Kier alpha value is -4.77. The molecule has 22 heteroatoms. The van der Waals surface area contributed by atoms with Crippen LogP contribution in [0.3, 0.4) is 0 Å². The highest BCUT2D eigenvalue weighted by atomic mass is 79.9. The van der Waals surface area contributed by atoms with E-state index >= 15 is 0 Å². The molecular weight excluding hydrogens is 854 g/mol. The van der Waals surface area contributed by atoms with E-state index in [2.05, 4.69) is 73.2 Å². The molecule has 296 valence electrons. The van der Waals surface area contributed by atoms with E-state index in [4.69, 9.17) is 19.3 Å². The number of carboxylic acids is 1. The number of benzene rings is 1. The molecule has 1 aromatic carbocycles. The van der Waals surface area contributed by atoms with E-state index in [-0.39, 0.29) is 53.1 Å². The molecule has 0 radical (unpaired) electrons. The summed E-state index contributed by atoms with van der Waals surface area (Å²) in [5, 5.41) is 38.6. The van der Waals surface area contributed by atoms with E-state index in [1.807, 2.05) is 24.3 Å². The van der Waals surface area contributed by atoms with Crippen LogP contribution in [0.15, 0.2) is 49.0 Å². The largest absolute Gasteiger partial charge is 0.481 e. The van der Waals surface area contributed by atoms with E-state index in [9.17, 15) is 24.0 Å². The van der Waals surface area contributed by atoms with Gasteiger partial charge in [-0.15, -0.1) is 25.5 Å². The maximum atomic E-state index is 12.8. The van der Waals surface area contributed by atoms with E-state index in [1.54, 1.807) is 13.1 Å². The predicted molar refractivity (Wildman–Crippen MR) is 201 cm³/mol. The lowest BCUT2D eigenvalue weighted by Crippen LogP contribution is -2.40. The lowest BCUT2D eigenvalue weighted by molar-refractivity contribution is -0.137. The normalized spacial score (nSPS) is 11.1. The minimum absolute atomic E-state index is 0.00788. The zero-order chi connectivity index (χ0) is 39.6. The van der Waals surface area contributed by atoms with E-state index < -0.39 is 17.1 Å². The van der Waals surface area contributed by atoms with Crippen molar-refractivity contribution in [1.29, 1.82) is 0 Å². The summed E-state index contributed by atoms with van der Waals surface area (Å²) in [5.41, 5.74) is 1.00. The van der Waals surface area contributed by atoms with Gasteiger partial charge in [0, 0.05) is 31.5 Å². The molecule has 0 fully saturated rings. The van der Waals surface area contributed by atoms with Gasteiger partial charge in [-0.3, -0.25) is 24.0 Å². The van der Waals surface area contributed by atoms with Gasteiger partial charge in [-0.2, -0.15) is 0 Å². The highest BCUT2D eigenvalue weighted by Crippen LogP contribution is 2.15. The fourth-order valence-corrected chi connectivity index (χ4v) is 5.55. The van der Waals surface area contributed by atoms with Crippen LogP contribution in [0.2, 0.25) is 0 Å². The van der Waals surface area contributed by atoms with Crippen molar-refractivity contribution < 1.29 is 33.7 Å². The summed E-state index contributed by atoms with van der Waals surface area (Å²) in [6.07, 6.45) is 2.15. The van der Waals surface area contributed by atoms with Gasteiger partial charge in [-0.1, -0.05) is 29.5 Å². The number of rotatable bonds is 24. The second-order valence-electron chi connectivity index (χ2n) is 11.8. The minimum atomic E-state index is -1.11. The smallest absolute Gasteiger partial charge is 0.305 e. The first-order valence-electron chi connectivity index (χ1n) is 17.2. The van der Waals surface area contributed by atoms with Crippen molar-refractivity contribution in [2.75, 3.05) is 46.2 Å². The SMILES string of the molecule is Cc1nnc(-c2ccc(CNC(=O)CCCC(=O)NCCOCCOCCOCCn3cc(Cn4c(=O)c(Br)c(Br)c(=O)n4CCC(=O)O)nn3)cc2)nn1. The highest BCUT2D eigenvalue weighted by molar-refractivity contribution is 9.13. The molecule has 0 unspecified atom stereocenters. The van der Waals surface area contributed by atoms with Crippen molar-refractivity contribution in [3.8, 4) is 11.4 Å². The molecule has 0 saturated carbocycles. The van der Waals surface area contributed by atoms with Crippen LogP contribution >= 0.6 is 31.9 Å². The van der Waals surface area contributed by atoms with Gasteiger partial charge in [0.2, 0.25) is 17.6 Å². The standard InChI is InChI=1S/C33H41Br2N11O9/c1-22-38-41-31(42-39-22)24-7-5-23(6-8-24)19-37-27(48)4-2-3-26(47)36-10-13-53-15-17-55-18-16-54-14-12-44-20-25(40-43-44)21-46-33(52)30(35)29(34)32(51)45(46)11-9-28(49)50/h5-8,20H,2-4,9-19,21H2,1H3,(H,36,47)(H,37,48)(H,49,50). The summed E-state index contributed by atoms with van der Waals surface area (Å²) in [6, 6.07) is 7.42. The first-order chi connectivity index (χ1) is 26.5. The number of carbonyl (C=O) groups excluding carboxylic acids is 2. The molecule has 55 heavy (non-hydrogen) atoms. The Labute approximate surface area is 331 Å². The lowest BCUT2D eigenvalue weighted by Gasteiger charge is -2.15. The number of aromatic nitrogens is 9. The first-order valence-corrected chi connectivity index (χ1v) is 18.8. The molecule has 0 spiro atoms. The van der Waals surface area contributed by atoms with Crippen LogP contribution < -0.4 is 21.8 Å². The Morgan fingerprint density at radius 2 is 1.35 bits per heavy atom. The zero-order valence-corrected chi connectivity index (χ0v) is 33.2. The number of amides is 2. The summed E-state index contributed by atoms with van der Waals surface area (Å²) in [7, 11) is 0. The van der Waals surface area contributed by atoms with Gasteiger partial charge in [0.25, 0.3) is 11.1 Å². The molecule has 20 nitrogen and oxygen atoms in total. The molecule has 0 aliphatic rings. The third-order valence-electron chi connectivity index (χ3n) is 7.63. The van der Waals surface area contributed by atoms with Crippen molar-refractivity contribution in [3.05, 3.63) is 77.2 Å². The number of hydrogen-bond donors (Lipinski definition) is 3. The number of nitrogens with one attached hydrogen (secondary N) is 2. The Balaban J connectivity index is 0.977. The summed E-state index contributed by atoms with van der Waals surface area (Å²) < 4.78 is 20.3. The average molecular weight is 896 g/mol. The third-order valence-corrected chi connectivity index (χ3v) is 9.63. The molecule has 0 saturated heterocycles. The molecule has 4 aromatic rings. The van der Waals surface area contributed by atoms with Gasteiger partial charge in [-0.05, 0) is 50.8 Å². The molecule has 0 bridgehead atoms. The Kier molecular flexibility index (Phi) is 17.6. The molecule has 4 rings (SSSR count). The summed E-state index contributed by atoms with van der Waals surface area (Å²) in [6.45, 7) is 4.51. The van der Waals surface area contributed by atoms with Crippen LogP contribution in [0.1, 0.15) is 42.8 Å².